The lowest BCUT2D eigenvalue weighted by atomic mass is 9.91. The molecule has 0 radical (unpaired) electrons. The van der Waals surface area contributed by atoms with Crippen molar-refractivity contribution in [3.05, 3.63) is 35.9 Å². The number of piperidine rings is 1. The molecule has 3 nitrogen and oxygen atoms in total. The summed E-state index contributed by atoms with van der Waals surface area (Å²) in [7, 11) is 0. The molecule has 2 heterocycles. The molecule has 1 spiro atoms. The SMILES string of the molecule is O=C(C1CC12CCNCC2)N1CCCC1CCc1ccccc1. The smallest absolute Gasteiger partial charge is 0.226 e. The maximum atomic E-state index is 13.0. The van der Waals surface area contributed by atoms with Gasteiger partial charge in [0.25, 0.3) is 0 Å². The monoisotopic (exact) mass is 312 g/mol. The van der Waals surface area contributed by atoms with E-state index in [1.165, 1.54) is 31.2 Å². The van der Waals surface area contributed by atoms with Gasteiger partial charge in [-0.15, -0.1) is 0 Å². The number of carbonyl (C=O) groups is 1. The Bertz CT molecular complexity index is 550. The molecule has 2 aliphatic heterocycles. The fourth-order valence-corrected chi connectivity index (χ4v) is 4.78. The largest absolute Gasteiger partial charge is 0.339 e. The van der Waals surface area contributed by atoms with E-state index in [0.29, 0.717) is 23.3 Å². The van der Waals surface area contributed by atoms with Crippen molar-refractivity contribution in [2.24, 2.45) is 11.3 Å². The fraction of sp³-hybridized carbons (Fsp3) is 0.650. The van der Waals surface area contributed by atoms with Gasteiger partial charge in [-0.1, -0.05) is 30.3 Å². The standard InChI is InChI=1S/C20H28N2O/c23-19(18-15-20(18)10-12-21-13-11-20)22-14-4-7-17(22)9-8-16-5-2-1-3-6-16/h1-3,5-6,17-18,21H,4,7-15H2. The van der Waals surface area contributed by atoms with Crippen molar-refractivity contribution in [3.63, 3.8) is 0 Å². The Balaban J connectivity index is 1.35. The number of nitrogens with zero attached hydrogens (tertiary/aromatic N) is 1. The predicted molar refractivity (Wildman–Crippen MR) is 92.1 cm³/mol. The maximum absolute atomic E-state index is 13.0. The van der Waals surface area contributed by atoms with Gasteiger partial charge in [0.15, 0.2) is 0 Å². The lowest BCUT2D eigenvalue weighted by Crippen LogP contribution is -2.39. The number of benzene rings is 1. The highest BCUT2D eigenvalue weighted by Gasteiger charge is 2.59. The van der Waals surface area contributed by atoms with Crippen LogP contribution in [0.25, 0.3) is 0 Å². The number of hydrogen-bond donors (Lipinski definition) is 1. The molecule has 3 fully saturated rings. The third kappa shape index (κ3) is 3.03. The van der Waals surface area contributed by atoms with Crippen LogP contribution >= 0.6 is 0 Å². The van der Waals surface area contributed by atoms with Gasteiger partial charge in [0, 0.05) is 18.5 Å². The first-order valence-electron chi connectivity index (χ1n) is 9.34. The Morgan fingerprint density at radius 3 is 2.78 bits per heavy atom. The molecule has 1 aromatic carbocycles. The summed E-state index contributed by atoms with van der Waals surface area (Å²) in [5.41, 5.74) is 1.77. The van der Waals surface area contributed by atoms with E-state index >= 15 is 0 Å². The van der Waals surface area contributed by atoms with Crippen LogP contribution < -0.4 is 5.32 Å². The Labute approximate surface area is 139 Å². The van der Waals surface area contributed by atoms with Crippen molar-refractivity contribution >= 4 is 5.91 Å². The van der Waals surface area contributed by atoms with Crippen molar-refractivity contribution in [3.8, 4) is 0 Å². The van der Waals surface area contributed by atoms with E-state index in [4.69, 9.17) is 0 Å². The summed E-state index contributed by atoms with van der Waals surface area (Å²) in [5.74, 6) is 0.810. The number of aryl methyl sites for hydroxylation is 1. The molecule has 3 heteroatoms. The molecule has 2 atom stereocenters. The van der Waals surface area contributed by atoms with E-state index in [0.717, 1.165) is 38.9 Å². The Hall–Kier alpha value is -1.35. The molecule has 2 saturated heterocycles. The number of rotatable bonds is 4. The highest BCUT2D eigenvalue weighted by molar-refractivity contribution is 5.83. The Kier molecular flexibility index (Phi) is 4.14. The van der Waals surface area contributed by atoms with Crippen molar-refractivity contribution in [1.82, 2.24) is 10.2 Å². The first-order valence-corrected chi connectivity index (χ1v) is 9.34. The van der Waals surface area contributed by atoms with E-state index in [9.17, 15) is 4.79 Å². The second kappa shape index (κ2) is 6.27. The molecule has 0 bridgehead atoms. The molecule has 124 valence electrons. The maximum Gasteiger partial charge on any atom is 0.226 e. The zero-order valence-corrected chi connectivity index (χ0v) is 14.0. The van der Waals surface area contributed by atoms with Gasteiger partial charge in [0.1, 0.15) is 0 Å². The molecule has 0 aromatic heterocycles. The van der Waals surface area contributed by atoms with Crippen LogP contribution in [0.1, 0.15) is 44.1 Å². The van der Waals surface area contributed by atoms with Crippen LogP contribution in [0.4, 0.5) is 0 Å². The quantitative estimate of drug-likeness (QED) is 0.927. The summed E-state index contributed by atoms with van der Waals surface area (Å²) in [6.07, 6.45) is 8.14. The highest BCUT2D eigenvalue weighted by Crippen LogP contribution is 2.59. The van der Waals surface area contributed by atoms with Crippen LogP contribution in [-0.4, -0.2) is 36.5 Å². The molecule has 1 aromatic rings. The van der Waals surface area contributed by atoms with Gasteiger partial charge in [-0.05, 0) is 69.0 Å². The van der Waals surface area contributed by atoms with Gasteiger partial charge in [0.05, 0.1) is 0 Å². The highest BCUT2D eigenvalue weighted by atomic mass is 16.2. The Morgan fingerprint density at radius 1 is 1.22 bits per heavy atom. The minimum atomic E-state index is 0.335. The van der Waals surface area contributed by atoms with E-state index in [-0.39, 0.29) is 0 Å². The second-order valence-corrected chi connectivity index (χ2v) is 7.72. The summed E-state index contributed by atoms with van der Waals surface area (Å²) in [5, 5.41) is 3.43. The van der Waals surface area contributed by atoms with Gasteiger partial charge in [-0.3, -0.25) is 4.79 Å². The summed E-state index contributed by atoms with van der Waals surface area (Å²) in [6, 6.07) is 11.2. The van der Waals surface area contributed by atoms with E-state index in [2.05, 4.69) is 40.5 Å². The molecule has 23 heavy (non-hydrogen) atoms. The van der Waals surface area contributed by atoms with Gasteiger partial charge in [0.2, 0.25) is 5.91 Å². The van der Waals surface area contributed by atoms with Gasteiger partial charge < -0.3 is 10.2 Å². The molecule has 3 aliphatic rings. The van der Waals surface area contributed by atoms with Gasteiger partial charge >= 0.3 is 0 Å². The first kappa shape index (κ1) is 15.2. The third-order valence-corrected chi connectivity index (χ3v) is 6.36. The van der Waals surface area contributed by atoms with Crippen LogP contribution in [0.15, 0.2) is 30.3 Å². The topological polar surface area (TPSA) is 32.3 Å². The van der Waals surface area contributed by atoms with Gasteiger partial charge in [-0.2, -0.15) is 0 Å². The number of amides is 1. The average molecular weight is 312 g/mol. The molecule has 1 amide bonds. The fourth-order valence-electron chi connectivity index (χ4n) is 4.78. The van der Waals surface area contributed by atoms with Crippen LogP contribution in [0, 0.1) is 11.3 Å². The van der Waals surface area contributed by atoms with E-state index < -0.39 is 0 Å². The molecule has 1 aliphatic carbocycles. The molecular weight excluding hydrogens is 284 g/mol. The molecule has 2 unspecified atom stereocenters. The third-order valence-electron chi connectivity index (χ3n) is 6.36. The zero-order chi connectivity index (χ0) is 15.7. The zero-order valence-electron chi connectivity index (χ0n) is 14.0. The van der Waals surface area contributed by atoms with Crippen molar-refractivity contribution in [2.45, 2.75) is 51.0 Å². The second-order valence-electron chi connectivity index (χ2n) is 7.72. The number of likely N-dealkylation sites (tertiary alicyclic amines) is 1. The minimum absolute atomic E-state index is 0.335. The summed E-state index contributed by atoms with van der Waals surface area (Å²) >= 11 is 0. The summed E-state index contributed by atoms with van der Waals surface area (Å²) in [6.45, 7) is 3.19. The van der Waals surface area contributed by atoms with Crippen LogP contribution in [0.5, 0.6) is 0 Å². The van der Waals surface area contributed by atoms with E-state index in [1.807, 2.05) is 0 Å². The minimum Gasteiger partial charge on any atom is -0.339 e. The lowest BCUT2D eigenvalue weighted by Gasteiger charge is -2.28. The average Bonchev–Trinajstić information content (AvgIpc) is 3.07. The summed E-state index contributed by atoms with van der Waals surface area (Å²) in [4.78, 5) is 15.2. The molecule has 1 saturated carbocycles. The molecule has 4 rings (SSSR count). The molecular formula is C20H28N2O. The number of hydrogen-bond acceptors (Lipinski definition) is 2. The van der Waals surface area contributed by atoms with Crippen LogP contribution in [0.2, 0.25) is 0 Å². The van der Waals surface area contributed by atoms with E-state index in [1.54, 1.807) is 0 Å². The van der Waals surface area contributed by atoms with Crippen molar-refractivity contribution in [2.75, 3.05) is 19.6 Å². The normalized spacial score (nSPS) is 29.0. The van der Waals surface area contributed by atoms with Crippen molar-refractivity contribution in [1.29, 1.82) is 0 Å². The number of nitrogens with one attached hydrogen (secondary N) is 1. The first-order chi connectivity index (χ1) is 11.3. The van der Waals surface area contributed by atoms with Crippen LogP contribution in [-0.2, 0) is 11.2 Å². The summed E-state index contributed by atoms with van der Waals surface area (Å²) < 4.78 is 0. The lowest BCUT2D eigenvalue weighted by molar-refractivity contribution is -0.134. The van der Waals surface area contributed by atoms with Crippen molar-refractivity contribution < 1.29 is 4.79 Å². The molecule has 1 N–H and O–H groups in total. The van der Waals surface area contributed by atoms with Crippen LogP contribution in [0.3, 0.4) is 0 Å². The Morgan fingerprint density at radius 2 is 2.00 bits per heavy atom. The number of carbonyl (C=O) groups excluding carboxylic acids is 1. The predicted octanol–water partition coefficient (Wildman–Crippen LogP) is 3.00. The van der Waals surface area contributed by atoms with Gasteiger partial charge in [-0.25, -0.2) is 0 Å².